The fourth-order valence-electron chi connectivity index (χ4n) is 1.06. The van der Waals surface area contributed by atoms with Crippen LogP contribution in [0.4, 0.5) is 14.5 Å². The van der Waals surface area contributed by atoms with Crippen molar-refractivity contribution in [2.45, 2.75) is 13.0 Å². The van der Waals surface area contributed by atoms with Gasteiger partial charge in [0.05, 0.1) is 22.3 Å². The Morgan fingerprint density at radius 3 is 2.27 bits per heavy atom. The number of nitrogens with one attached hydrogen (secondary N) is 1. The number of alkyl halides is 2. The van der Waals surface area contributed by atoms with E-state index in [1.54, 1.807) is 12.1 Å². The second-order valence-electron chi connectivity index (χ2n) is 3.00. The van der Waals surface area contributed by atoms with E-state index in [1.165, 1.54) is 0 Å². The van der Waals surface area contributed by atoms with Crippen molar-refractivity contribution < 1.29 is 8.78 Å². The Morgan fingerprint density at radius 1 is 1.27 bits per heavy atom. The van der Waals surface area contributed by atoms with Crippen molar-refractivity contribution in [1.82, 2.24) is 5.32 Å². The van der Waals surface area contributed by atoms with Crippen molar-refractivity contribution in [1.29, 1.82) is 0 Å². The summed E-state index contributed by atoms with van der Waals surface area (Å²) in [4.78, 5) is 0. The van der Waals surface area contributed by atoms with Crippen molar-refractivity contribution in [3.05, 3.63) is 27.7 Å². The second kappa shape index (κ2) is 5.49. The Balaban J connectivity index is 2.63. The van der Waals surface area contributed by atoms with Gasteiger partial charge in [-0.2, -0.15) is 0 Å². The maximum absolute atomic E-state index is 11.8. The van der Waals surface area contributed by atoms with E-state index in [9.17, 15) is 8.78 Å². The van der Waals surface area contributed by atoms with E-state index in [4.69, 9.17) is 28.9 Å². The van der Waals surface area contributed by atoms with Crippen LogP contribution in [0.25, 0.3) is 0 Å². The first kappa shape index (κ1) is 12.5. The molecule has 0 saturated heterocycles. The maximum atomic E-state index is 11.8. The highest BCUT2D eigenvalue weighted by Crippen LogP contribution is 2.28. The van der Waals surface area contributed by atoms with Crippen LogP contribution in [0.3, 0.4) is 0 Å². The number of anilines is 1. The molecule has 15 heavy (non-hydrogen) atoms. The van der Waals surface area contributed by atoms with E-state index in [2.05, 4.69) is 5.32 Å². The smallest absolute Gasteiger partial charge is 0.250 e. The number of hydrogen-bond donors (Lipinski definition) is 2. The summed E-state index contributed by atoms with van der Waals surface area (Å²) in [7, 11) is 0. The molecule has 0 bridgehead atoms. The van der Waals surface area contributed by atoms with Crippen molar-refractivity contribution >= 4 is 28.9 Å². The van der Waals surface area contributed by atoms with E-state index < -0.39 is 6.43 Å². The van der Waals surface area contributed by atoms with Gasteiger partial charge in [-0.05, 0) is 17.7 Å². The Labute approximate surface area is 96.4 Å². The number of nitrogens with two attached hydrogens (primary N) is 1. The molecular formula is C9H10Cl2F2N2. The molecule has 0 spiro atoms. The molecule has 1 rings (SSSR count). The molecule has 0 aliphatic heterocycles. The lowest BCUT2D eigenvalue weighted by Crippen LogP contribution is -2.20. The van der Waals surface area contributed by atoms with Crippen LogP contribution in [-0.2, 0) is 6.54 Å². The van der Waals surface area contributed by atoms with Crippen molar-refractivity contribution in [3.63, 3.8) is 0 Å². The summed E-state index contributed by atoms with van der Waals surface area (Å²) in [6.07, 6.45) is -2.37. The second-order valence-corrected chi connectivity index (χ2v) is 3.81. The maximum Gasteiger partial charge on any atom is 0.250 e. The van der Waals surface area contributed by atoms with Gasteiger partial charge in [0.15, 0.2) is 0 Å². The third kappa shape index (κ3) is 3.81. The first-order valence-electron chi connectivity index (χ1n) is 4.23. The molecule has 0 saturated carbocycles. The highest BCUT2D eigenvalue weighted by molar-refractivity contribution is 6.38. The van der Waals surface area contributed by atoms with Gasteiger partial charge in [-0.1, -0.05) is 23.2 Å². The van der Waals surface area contributed by atoms with E-state index in [0.29, 0.717) is 15.7 Å². The van der Waals surface area contributed by atoms with Crippen LogP contribution in [0.1, 0.15) is 5.56 Å². The van der Waals surface area contributed by atoms with Gasteiger partial charge >= 0.3 is 0 Å². The molecule has 0 fully saturated rings. The molecule has 3 N–H and O–H groups in total. The minimum atomic E-state index is -2.37. The van der Waals surface area contributed by atoms with E-state index in [0.717, 1.165) is 5.56 Å². The van der Waals surface area contributed by atoms with E-state index >= 15 is 0 Å². The minimum Gasteiger partial charge on any atom is -0.396 e. The van der Waals surface area contributed by atoms with Crippen LogP contribution < -0.4 is 11.1 Å². The normalized spacial score (nSPS) is 11.0. The molecular weight excluding hydrogens is 245 g/mol. The van der Waals surface area contributed by atoms with Gasteiger partial charge in [0.2, 0.25) is 0 Å². The Hall–Kier alpha value is -0.580. The lowest BCUT2D eigenvalue weighted by atomic mass is 10.2. The number of rotatable bonds is 4. The summed E-state index contributed by atoms with van der Waals surface area (Å²) in [6.45, 7) is -0.0797. The highest BCUT2D eigenvalue weighted by atomic mass is 35.5. The van der Waals surface area contributed by atoms with E-state index in [-0.39, 0.29) is 13.1 Å². The van der Waals surface area contributed by atoms with Crippen LogP contribution >= 0.6 is 23.2 Å². The van der Waals surface area contributed by atoms with Gasteiger partial charge in [-0.15, -0.1) is 0 Å². The van der Waals surface area contributed by atoms with Crippen LogP contribution in [0, 0.1) is 0 Å². The zero-order valence-electron chi connectivity index (χ0n) is 7.74. The molecule has 6 heteroatoms. The molecule has 84 valence electrons. The van der Waals surface area contributed by atoms with Crippen molar-refractivity contribution in [2.24, 2.45) is 0 Å². The third-order valence-electron chi connectivity index (χ3n) is 1.77. The van der Waals surface area contributed by atoms with Crippen LogP contribution in [0.15, 0.2) is 12.1 Å². The molecule has 1 aromatic rings. The summed E-state index contributed by atoms with van der Waals surface area (Å²) in [5.74, 6) is 0. The van der Waals surface area contributed by atoms with Gasteiger partial charge in [0, 0.05) is 6.54 Å². The average molecular weight is 255 g/mol. The molecule has 0 radical (unpaired) electrons. The van der Waals surface area contributed by atoms with Gasteiger partial charge in [-0.3, -0.25) is 0 Å². The van der Waals surface area contributed by atoms with Crippen LogP contribution in [0.2, 0.25) is 10.0 Å². The molecule has 0 aliphatic rings. The quantitative estimate of drug-likeness (QED) is 0.812. The molecule has 0 amide bonds. The van der Waals surface area contributed by atoms with Crippen molar-refractivity contribution in [3.8, 4) is 0 Å². The monoisotopic (exact) mass is 254 g/mol. The number of benzene rings is 1. The first-order chi connectivity index (χ1) is 7.00. The van der Waals surface area contributed by atoms with Crippen LogP contribution in [0.5, 0.6) is 0 Å². The summed E-state index contributed by atoms with van der Waals surface area (Å²) in [5.41, 5.74) is 6.55. The standard InChI is InChI=1S/C9H10Cl2F2N2/c10-6-1-5(2-7(11)9(6)14)3-15-4-8(12)13/h1-2,8,15H,3-4,14H2. The number of halogens is 4. The Kier molecular flexibility index (Phi) is 4.57. The lowest BCUT2D eigenvalue weighted by molar-refractivity contribution is 0.145. The molecule has 0 aliphatic carbocycles. The predicted molar refractivity (Wildman–Crippen MR) is 58.6 cm³/mol. The summed E-state index contributed by atoms with van der Waals surface area (Å²) < 4.78 is 23.7. The SMILES string of the molecule is Nc1c(Cl)cc(CNCC(F)F)cc1Cl. The Bertz CT molecular complexity index is 322. The largest absolute Gasteiger partial charge is 0.396 e. The molecule has 0 aromatic heterocycles. The van der Waals surface area contributed by atoms with Gasteiger partial charge < -0.3 is 11.1 Å². The molecule has 0 unspecified atom stereocenters. The summed E-state index contributed by atoms with van der Waals surface area (Å²) in [6, 6.07) is 3.20. The molecule has 1 aromatic carbocycles. The van der Waals surface area contributed by atoms with Gasteiger partial charge in [0.25, 0.3) is 6.43 Å². The Morgan fingerprint density at radius 2 is 1.80 bits per heavy atom. The summed E-state index contributed by atoms with van der Waals surface area (Å²) >= 11 is 11.6. The predicted octanol–water partition coefficient (Wildman–Crippen LogP) is 2.93. The zero-order valence-corrected chi connectivity index (χ0v) is 9.25. The summed E-state index contributed by atoms with van der Waals surface area (Å²) in [5, 5.41) is 3.23. The van der Waals surface area contributed by atoms with Gasteiger partial charge in [0.1, 0.15) is 0 Å². The van der Waals surface area contributed by atoms with Crippen LogP contribution in [-0.4, -0.2) is 13.0 Å². The first-order valence-corrected chi connectivity index (χ1v) is 4.98. The molecule has 2 nitrogen and oxygen atoms in total. The minimum absolute atomic E-state index is 0.282. The third-order valence-corrected chi connectivity index (χ3v) is 2.39. The fraction of sp³-hybridized carbons (Fsp3) is 0.333. The number of nitrogen functional groups attached to an aromatic ring is 1. The topological polar surface area (TPSA) is 38.0 Å². The van der Waals surface area contributed by atoms with Gasteiger partial charge in [-0.25, -0.2) is 8.78 Å². The van der Waals surface area contributed by atoms with Crippen molar-refractivity contribution in [2.75, 3.05) is 12.3 Å². The van der Waals surface area contributed by atoms with E-state index in [1.807, 2.05) is 0 Å². The highest BCUT2D eigenvalue weighted by Gasteiger charge is 2.06. The fourth-order valence-corrected chi connectivity index (χ4v) is 1.60. The molecule has 0 heterocycles. The number of hydrogen-bond acceptors (Lipinski definition) is 2. The lowest BCUT2D eigenvalue weighted by Gasteiger charge is -2.07. The molecule has 0 atom stereocenters. The zero-order chi connectivity index (χ0) is 11.4. The average Bonchev–Trinajstić information content (AvgIpc) is 2.13.